The summed E-state index contributed by atoms with van der Waals surface area (Å²) >= 11 is 0. The molecule has 2 aromatic rings. The first-order chi connectivity index (χ1) is 9.59. The fourth-order valence-corrected chi connectivity index (χ4v) is 1.67. The lowest BCUT2D eigenvalue weighted by Crippen LogP contribution is -2.17. The highest BCUT2D eigenvalue weighted by molar-refractivity contribution is 6.16. The van der Waals surface area contributed by atoms with Crippen molar-refractivity contribution in [3.8, 4) is 0 Å². The van der Waals surface area contributed by atoms with Crippen molar-refractivity contribution in [1.29, 1.82) is 5.41 Å². The van der Waals surface area contributed by atoms with Crippen LogP contribution < -0.4 is 11.1 Å². The molecule has 0 fully saturated rings. The van der Waals surface area contributed by atoms with E-state index in [2.05, 4.69) is 15.3 Å². The molecule has 8 nitrogen and oxygen atoms in total. The van der Waals surface area contributed by atoms with Crippen LogP contribution in [0.25, 0.3) is 0 Å². The highest BCUT2D eigenvalue weighted by atomic mass is 16.6. The second kappa shape index (κ2) is 5.74. The van der Waals surface area contributed by atoms with Crippen LogP contribution in [0.1, 0.15) is 11.1 Å². The molecule has 1 aromatic carbocycles. The fraction of sp³-hybridized carbons (Fsp3) is 0.0833. The van der Waals surface area contributed by atoms with Gasteiger partial charge in [0, 0.05) is 10.5 Å². The zero-order chi connectivity index (χ0) is 14.5. The summed E-state index contributed by atoms with van der Waals surface area (Å²) in [5.74, 6) is 0.266. The number of benzene rings is 1. The molecule has 1 heterocycles. The van der Waals surface area contributed by atoms with Crippen LogP contribution in [-0.2, 0) is 0 Å². The summed E-state index contributed by atoms with van der Waals surface area (Å²) < 4.78 is 0. The first kappa shape index (κ1) is 13.4. The smallest absolute Gasteiger partial charge is 0.276 e. The van der Waals surface area contributed by atoms with E-state index < -0.39 is 11.6 Å². The predicted octanol–water partition coefficient (Wildman–Crippen LogP) is 1.12. The van der Waals surface area contributed by atoms with Crippen LogP contribution in [0.3, 0.4) is 0 Å². The molecule has 0 unspecified atom stereocenters. The van der Waals surface area contributed by atoms with Crippen molar-refractivity contribution in [1.82, 2.24) is 9.97 Å². The first-order valence-corrected chi connectivity index (χ1v) is 5.70. The van der Waals surface area contributed by atoms with Gasteiger partial charge in [-0.3, -0.25) is 15.5 Å². The average Bonchev–Trinajstić information content (AvgIpc) is 2.45. The molecule has 20 heavy (non-hydrogen) atoms. The number of nitrogens with zero attached hydrogens (tertiary/aromatic N) is 3. The number of hydrogen-bond donors (Lipinski definition) is 3. The maximum atomic E-state index is 10.4. The summed E-state index contributed by atoms with van der Waals surface area (Å²) in [4.78, 5) is 17.6. The van der Waals surface area contributed by atoms with Gasteiger partial charge in [0.15, 0.2) is 0 Å². The summed E-state index contributed by atoms with van der Waals surface area (Å²) in [5.41, 5.74) is 6.74. The monoisotopic (exact) mass is 272 g/mol. The average molecular weight is 272 g/mol. The quantitative estimate of drug-likeness (QED) is 0.323. The highest BCUT2D eigenvalue weighted by Crippen LogP contribution is 2.21. The second-order valence-electron chi connectivity index (χ2n) is 3.89. The Morgan fingerprint density at radius 2 is 2.05 bits per heavy atom. The van der Waals surface area contributed by atoms with Gasteiger partial charge < -0.3 is 11.1 Å². The minimum Gasteiger partial charge on any atom is -0.383 e. The van der Waals surface area contributed by atoms with Crippen LogP contribution in [0.15, 0.2) is 36.7 Å². The van der Waals surface area contributed by atoms with Gasteiger partial charge in [-0.15, -0.1) is 0 Å². The Hall–Kier alpha value is -3.03. The Kier molecular flexibility index (Phi) is 3.85. The van der Waals surface area contributed by atoms with Crippen molar-refractivity contribution in [3.63, 3.8) is 0 Å². The largest absolute Gasteiger partial charge is 0.383 e. The normalized spacial score (nSPS) is 10.0. The zero-order valence-electron chi connectivity index (χ0n) is 10.4. The van der Waals surface area contributed by atoms with Crippen molar-refractivity contribution < 1.29 is 4.92 Å². The van der Waals surface area contributed by atoms with Crippen molar-refractivity contribution in [2.75, 3.05) is 17.7 Å². The van der Waals surface area contributed by atoms with E-state index in [9.17, 15) is 10.1 Å². The summed E-state index contributed by atoms with van der Waals surface area (Å²) in [5, 5.41) is 21.1. The van der Waals surface area contributed by atoms with E-state index in [1.54, 1.807) is 24.3 Å². The predicted molar refractivity (Wildman–Crippen MR) is 74.3 cm³/mol. The Labute approximate surface area is 114 Å². The van der Waals surface area contributed by atoms with Gasteiger partial charge in [-0.2, -0.15) is 0 Å². The lowest BCUT2D eigenvalue weighted by atomic mass is 10.0. The number of nitrogens with one attached hydrogen (secondary N) is 2. The van der Waals surface area contributed by atoms with Gasteiger partial charge in [0.25, 0.3) is 6.67 Å². The molecule has 8 heteroatoms. The summed E-state index contributed by atoms with van der Waals surface area (Å²) in [6.07, 6.45) is 1.19. The van der Waals surface area contributed by atoms with E-state index in [0.717, 1.165) is 0 Å². The Bertz CT molecular complexity index is 644. The SMILES string of the molecule is N=C(c1ccccc1)c1c(N)ncnc1NC[N+](=O)[O-]. The molecule has 2 rings (SSSR count). The molecule has 0 aliphatic heterocycles. The topological polar surface area (TPSA) is 131 Å². The second-order valence-corrected chi connectivity index (χ2v) is 3.89. The first-order valence-electron chi connectivity index (χ1n) is 5.70. The molecule has 0 aliphatic rings. The van der Waals surface area contributed by atoms with E-state index >= 15 is 0 Å². The van der Waals surface area contributed by atoms with Gasteiger partial charge in [-0.1, -0.05) is 30.3 Å². The molecular formula is C12H12N6O2. The molecule has 0 radical (unpaired) electrons. The molecule has 102 valence electrons. The van der Waals surface area contributed by atoms with Crippen molar-refractivity contribution in [2.24, 2.45) is 0 Å². The molecule has 1 aromatic heterocycles. The summed E-state index contributed by atoms with van der Waals surface area (Å²) in [7, 11) is 0. The zero-order valence-corrected chi connectivity index (χ0v) is 10.4. The fourth-order valence-electron chi connectivity index (χ4n) is 1.67. The highest BCUT2D eigenvalue weighted by Gasteiger charge is 2.16. The van der Waals surface area contributed by atoms with E-state index in [1.165, 1.54) is 6.33 Å². The van der Waals surface area contributed by atoms with Crippen molar-refractivity contribution in [3.05, 3.63) is 57.9 Å². The maximum Gasteiger partial charge on any atom is 0.276 e. The van der Waals surface area contributed by atoms with E-state index in [-0.39, 0.29) is 22.9 Å². The third-order valence-electron chi connectivity index (χ3n) is 2.56. The lowest BCUT2D eigenvalue weighted by molar-refractivity contribution is -0.473. The number of hydrogen-bond acceptors (Lipinski definition) is 7. The van der Waals surface area contributed by atoms with Crippen LogP contribution in [0.5, 0.6) is 0 Å². The van der Waals surface area contributed by atoms with Crippen molar-refractivity contribution in [2.45, 2.75) is 0 Å². The van der Waals surface area contributed by atoms with Crippen LogP contribution in [0, 0.1) is 15.5 Å². The number of anilines is 2. The van der Waals surface area contributed by atoms with Gasteiger partial charge in [0.1, 0.15) is 18.0 Å². The van der Waals surface area contributed by atoms with Gasteiger partial charge in [0.05, 0.1) is 11.3 Å². The molecule has 0 bridgehead atoms. The molecule has 0 atom stereocenters. The van der Waals surface area contributed by atoms with E-state index in [4.69, 9.17) is 11.1 Å². The van der Waals surface area contributed by atoms with Crippen molar-refractivity contribution >= 4 is 17.3 Å². The molecule has 0 amide bonds. The Morgan fingerprint density at radius 3 is 2.70 bits per heavy atom. The van der Waals surface area contributed by atoms with Crippen LogP contribution in [-0.4, -0.2) is 27.3 Å². The summed E-state index contributed by atoms with van der Waals surface area (Å²) in [6.45, 7) is -0.508. The van der Waals surface area contributed by atoms with E-state index in [1.807, 2.05) is 6.07 Å². The summed E-state index contributed by atoms with van der Waals surface area (Å²) in [6, 6.07) is 8.88. The maximum absolute atomic E-state index is 10.4. The van der Waals surface area contributed by atoms with Crippen LogP contribution in [0.4, 0.5) is 11.6 Å². The molecule has 4 N–H and O–H groups in total. The van der Waals surface area contributed by atoms with Crippen LogP contribution in [0.2, 0.25) is 0 Å². The van der Waals surface area contributed by atoms with Gasteiger partial charge in [-0.05, 0) is 0 Å². The molecule has 0 saturated carbocycles. The molecule has 0 aliphatic carbocycles. The van der Waals surface area contributed by atoms with Gasteiger partial charge >= 0.3 is 0 Å². The minimum atomic E-state index is -0.534. The molecule has 0 saturated heterocycles. The van der Waals surface area contributed by atoms with Gasteiger partial charge in [0.2, 0.25) is 0 Å². The minimum absolute atomic E-state index is 0.0969. The number of nitrogen functional groups attached to an aromatic ring is 1. The molecule has 0 spiro atoms. The van der Waals surface area contributed by atoms with Crippen LogP contribution >= 0.6 is 0 Å². The third-order valence-corrected chi connectivity index (χ3v) is 2.56. The number of nitro groups is 1. The molecular weight excluding hydrogens is 260 g/mol. The Morgan fingerprint density at radius 1 is 1.35 bits per heavy atom. The van der Waals surface area contributed by atoms with Gasteiger partial charge in [-0.25, -0.2) is 9.97 Å². The number of rotatable bonds is 5. The standard InChI is InChI=1S/C12H12N6O2/c13-10(8-4-2-1-3-5-8)9-11(14)15-6-16-12(9)17-7-18(19)20/h1-6,13H,7H2,(H3,14,15,16,17). The number of aromatic nitrogens is 2. The Balaban J connectivity index is 2.39. The number of nitrogens with two attached hydrogens (primary N) is 1. The third kappa shape index (κ3) is 2.86. The lowest BCUT2D eigenvalue weighted by Gasteiger charge is -2.11. The van der Waals surface area contributed by atoms with E-state index in [0.29, 0.717) is 5.56 Å².